The van der Waals surface area contributed by atoms with Crippen LogP contribution in [0.5, 0.6) is 0 Å². The number of nitrogens with zero attached hydrogens (tertiary/aromatic N) is 2. The van der Waals surface area contributed by atoms with Crippen molar-refractivity contribution in [3.8, 4) is 0 Å². The molecule has 5 nitrogen and oxygen atoms in total. The summed E-state index contributed by atoms with van der Waals surface area (Å²) in [6.45, 7) is 0.936. The Bertz CT molecular complexity index is 483. The molecule has 3 rings (SSSR count). The molecule has 0 radical (unpaired) electrons. The fourth-order valence-corrected chi connectivity index (χ4v) is 2.81. The average Bonchev–Trinajstić information content (AvgIpc) is 3.02. The molecule has 0 amide bonds. The molecule has 1 N–H and O–H groups in total. The van der Waals surface area contributed by atoms with Gasteiger partial charge in [0.2, 0.25) is 0 Å². The van der Waals surface area contributed by atoms with E-state index in [0.29, 0.717) is 32.5 Å². The largest absolute Gasteiger partial charge is 0.419 e. The molecule has 1 spiro atoms. The van der Waals surface area contributed by atoms with Crippen LogP contribution in [0.4, 0.5) is 13.2 Å². The van der Waals surface area contributed by atoms with Crippen LogP contribution in [0, 0.1) is 0 Å². The fraction of sp³-hybridized carbons (Fsp3) is 0.750. The number of halogens is 3. The molecule has 1 aliphatic heterocycles. The Morgan fingerprint density at radius 3 is 2.65 bits per heavy atom. The maximum atomic E-state index is 12.6. The van der Waals surface area contributed by atoms with E-state index in [1.165, 1.54) is 4.68 Å². The third-order valence-corrected chi connectivity index (χ3v) is 3.87. The van der Waals surface area contributed by atoms with E-state index >= 15 is 0 Å². The Hall–Kier alpha value is -1.12. The number of aliphatic hydroxyl groups is 1. The van der Waals surface area contributed by atoms with Crippen molar-refractivity contribution in [2.45, 2.75) is 43.4 Å². The van der Waals surface area contributed by atoms with Crippen LogP contribution in [0.2, 0.25) is 0 Å². The van der Waals surface area contributed by atoms with Gasteiger partial charge in [-0.3, -0.25) is 4.68 Å². The minimum Gasteiger partial charge on any atom is -0.391 e. The normalized spacial score (nSPS) is 30.0. The van der Waals surface area contributed by atoms with Gasteiger partial charge >= 0.3 is 6.18 Å². The van der Waals surface area contributed by atoms with Crippen LogP contribution in [0.3, 0.4) is 0 Å². The first-order chi connectivity index (χ1) is 9.40. The molecular formula is C12H15F3N2O3. The molecule has 112 valence electrons. The summed E-state index contributed by atoms with van der Waals surface area (Å²) in [5, 5.41) is 13.8. The maximum absolute atomic E-state index is 12.6. The van der Waals surface area contributed by atoms with E-state index in [9.17, 15) is 18.3 Å². The average molecular weight is 292 g/mol. The predicted octanol–water partition coefficient (Wildman–Crippen LogP) is 1.73. The fourth-order valence-electron chi connectivity index (χ4n) is 2.81. The second kappa shape index (κ2) is 4.71. The van der Waals surface area contributed by atoms with Crippen LogP contribution < -0.4 is 0 Å². The minimum absolute atomic E-state index is 0.299. The lowest BCUT2D eigenvalue weighted by molar-refractivity contribution is -0.200. The van der Waals surface area contributed by atoms with Gasteiger partial charge in [0.1, 0.15) is 0 Å². The first kappa shape index (κ1) is 13.8. The van der Waals surface area contributed by atoms with Crippen LogP contribution in [-0.2, 0) is 15.7 Å². The molecule has 1 saturated carbocycles. The van der Waals surface area contributed by atoms with Crippen LogP contribution in [0.25, 0.3) is 0 Å². The lowest BCUT2D eigenvalue weighted by Gasteiger charge is -2.39. The molecule has 8 heteroatoms. The standard InChI is InChI=1S/C12H15F3N2O3/c13-12(14,15)8-6-16-17(7-8)9-5-11(2-1-10(9)18)19-3-4-20-11/h6-7,9-10,18H,1-5H2. The van der Waals surface area contributed by atoms with Crippen molar-refractivity contribution in [3.63, 3.8) is 0 Å². The lowest BCUT2D eigenvalue weighted by Crippen LogP contribution is -2.43. The van der Waals surface area contributed by atoms with Crippen molar-refractivity contribution < 1.29 is 27.8 Å². The number of hydrogen-bond donors (Lipinski definition) is 1. The summed E-state index contributed by atoms with van der Waals surface area (Å²) in [6.07, 6.45) is -2.26. The SMILES string of the molecule is OC1CCC2(CC1n1cc(C(F)(F)F)cn1)OCCO2. The molecule has 2 aliphatic rings. The van der Waals surface area contributed by atoms with E-state index in [2.05, 4.69) is 5.10 Å². The van der Waals surface area contributed by atoms with Crippen LogP contribution in [-0.4, -0.2) is 40.0 Å². The van der Waals surface area contributed by atoms with E-state index in [1.807, 2.05) is 0 Å². The van der Waals surface area contributed by atoms with Gasteiger partial charge in [0, 0.05) is 19.0 Å². The summed E-state index contributed by atoms with van der Waals surface area (Å²) in [5.74, 6) is -0.783. The zero-order valence-corrected chi connectivity index (χ0v) is 10.6. The third-order valence-electron chi connectivity index (χ3n) is 3.87. The van der Waals surface area contributed by atoms with Gasteiger partial charge in [0.25, 0.3) is 0 Å². The molecule has 2 heterocycles. The number of rotatable bonds is 1. The van der Waals surface area contributed by atoms with Gasteiger partial charge in [-0.1, -0.05) is 0 Å². The lowest BCUT2D eigenvalue weighted by atomic mass is 9.87. The summed E-state index contributed by atoms with van der Waals surface area (Å²) in [4.78, 5) is 0. The van der Waals surface area contributed by atoms with Gasteiger partial charge in [0.05, 0.1) is 37.1 Å². The van der Waals surface area contributed by atoms with Gasteiger partial charge in [-0.05, 0) is 6.42 Å². The van der Waals surface area contributed by atoms with E-state index in [4.69, 9.17) is 9.47 Å². The van der Waals surface area contributed by atoms with Gasteiger partial charge in [-0.2, -0.15) is 18.3 Å². The second-order valence-corrected chi connectivity index (χ2v) is 5.19. The summed E-state index contributed by atoms with van der Waals surface area (Å²) < 4.78 is 50.1. The number of aliphatic hydroxyl groups excluding tert-OH is 1. The van der Waals surface area contributed by atoms with Crippen LogP contribution >= 0.6 is 0 Å². The van der Waals surface area contributed by atoms with Gasteiger partial charge < -0.3 is 14.6 Å². The van der Waals surface area contributed by atoms with E-state index in [1.54, 1.807) is 0 Å². The van der Waals surface area contributed by atoms with Crippen molar-refractivity contribution in [3.05, 3.63) is 18.0 Å². The molecule has 1 aromatic heterocycles. The van der Waals surface area contributed by atoms with Crippen molar-refractivity contribution in [1.29, 1.82) is 0 Å². The highest BCUT2D eigenvalue weighted by Crippen LogP contribution is 2.41. The summed E-state index contributed by atoms with van der Waals surface area (Å²) in [7, 11) is 0. The molecular weight excluding hydrogens is 277 g/mol. The molecule has 1 aromatic rings. The molecule has 0 bridgehead atoms. The molecule has 2 atom stereocenters. The maximum Gasteiger partial charge on any atom is 0.419 e. The highest BCUT2D eigenvalue weighted by Gasteiger charge is 2.46. The first-order valence-corrected chi connectivity index (χ1v) is 6.47. The summed E-state index contributed by atoms with van der Waals surface area (Å²) in [5.41, 5.74) is -0.822. The topological polar surface area (TPSA) is 56.5 Å². The minimum atomic E-state index is -4.43. The summed E-state index contributed by atoms with van der Waals surface area (Å²) in [6, 6.07) is -0.571. The zero-order valence-electron chi connectivity index (χ0n) is 10.6. The van der Waals surface area contributed by atoms with Gasteiger partial charge in [-0.25, -0.2) is 0 Å². The second-order valence-electron chi connectivity index (χ2n) is 5.19. The quantitative estimate of drug-likeness (QED) is 0.856. The molecule has 0 aromatic carbocycles. The van der Waals surface area contributed by atoms with Gasteiger partial charge in [0.15, 0.2) is 5.79 Å². The Morgan fingerprint density at radius 1 is 1.35 bits per heavy atom. The molecule has 1 saturated heterocycles. The summed E-state index contributed by atoms with van der Waals surface area (Å²) >= 11 is 0. The number of ether oxygens (including phenoxy) is 2. The monoisotopic (exact) mass is 292 g/mol. The zero-order chi connectivity index (χ0) is 14.4. The number of aromatic nitrogens is 2. The molecule has 2 unspecified atom stereocenters. The van der Waals surface area contributed by atoms with E-state index in [0.717, 1.165) is 12.4 Å². The predicted molar refractivity (Wildman–Crippen MR) is 60.8 cm³/mol. The Morgan fingerprint density at radius 2 is 2.05 bits per heavy atom. The molecule has 2 fully saturated rings. The molecule has 20 heavy (non-hydrogen) atoms. The highest BCUT2D eigenvalue weighted by molar-refractivity contribution is 5.09. The smallest absolute Gasteiger partial charge is 0.391 e. The number of hydrogen-bond acceptors (Lipinski definition) is 4. The van der Waals surface area contributed by atoms with Gasteiger partial charge in [-0.15, -0.1) is 0 Å². The van der Waals surface area contributed by atoms with Crippen molar-refractivity contribution in [1.82, 2.24) is 9.78 Å². The van der Waals surface area contributed by atoms with Crippen molar-refractivity contribution >= 4 is 0 Å². The molecule has 1 aliphatic carbocycles. The Labute approximate surface area is 113 Å². The van der Waals surface area contributed by atoms with Crippen LogP contribution in [0.15, 0.2) is 12.4 Å². The van der Waals surface area contributed by atoms with E-state index < -0.39 is 29.7 Å². The van der Waals surface area contributed by atoms with E-state index in [-0.39, 0.29) is 0 Å². The first-order valence-electron chi connectivity index (χ1n) is 6.47. The Balaban J connectivity index is 1.82. The van der Waals surface area contributed by atoms with Crippen LogP contribution in [0.1, 0.15) is 30.9 Å². The van der Waals surface area contributed by atoms with Crippen molar-refractivity contribution in [2.24, 2.45) is 0 Å². The number of alkyl halides is 3. The van der Waals surface area contributed by atoms with Crippen molar-refractivity contribution in [2.75, 3.05) is 13.2 Å². The highest BCUT2D eigenvalue weighted by atomic mass is 19.4. The third kappa shape index (κ3) is 2.43. The Kier molecular flexibility index (Phi) is 3.26.